The highest BCUT2D eigenvalue weighted by molar-refractivity contribution is 6.00. The van der Waals surface area contributed by atoms with Gasteiger partial charge in [-0.3, -0.25) is 9.59 Å². The second-order valence-corrected chi connectivity index (χ2v) is 5.52. The fraction of sp³-hybridized carbons (Fsp3) is 0.556. The first-order chi connectivity index (χ1) is 10.3. The van der Waals surface area contributed by atoms with E-state index in [0.29, 0.717) is 0 Å². The van der Waals surface area contributed by atoms with Gasteiger partial charge in [-0.1, -0.05) is 23.3 Å². The van der Waals surface area contributed by atoms with E-state index < -0.39 is 17.4 Å². The van der Waals surface area contributed by atoms with Crippen LogP contribution in [0.15, 0.2) is 23.3 Å². The van der Waals surface area contributed by atoms with Crippen molar-refractivity contribution in [2.45, 2.75) is 46.5 Å². The number of methoxy groups -OCH3 is 2. The molecule has 0 aromatic heterocycles. The quantitative estimate of drug-likeness (QED) is 0.298. The monoisotopic (exact) mass is 306 g/mol. The zero-order valence-electron chi connectivity index (χ0n) is 14.2. The molecule has 0 saturated heterocycles. The SMILES string of the molecule is C#CCC(C/C=C(/C)CCC=C(C)C)(C(=O)OC)C(=O)OC. The molecule has 0 aliphatic heterocycles. The molecular weight excluding hydrogens is 280 g/mol. The Morgan fingerprint density at radius 2 is 1.64 bits per heavy atom. The van der Waals surface area contributed by atoms with Crippen molar-refractivity contribution in [3.05, 3.63) is 23.3 Å². The molecular formula is C18H26O4. The van der Waals surface area contributed by atoms with Gasteiger partial charge < -0.3 is 9.47 Å². The maximum absolute atomic E-state index is 12.1. The van der Waals surface area contributed by atoms with Gasteiger partial charge in [0.15, 0.2) is 5.41 Å². The summed E-state index contributed by atoms with van der Waals surface area (Å²) in [7, 11) is 2.48. The van der Waals surface area contributed by atoms with Crippen molar-refractivity contribution < 1.29 is 19.1 Å². The van der Waals surface area contributed by atoms with E-state index in [4.69, 9.17) is 15.9 Å². The van der Waals surface area contributed by atoms with E-state index in [-0.39, 0.29) is 12.8 Å². The predicted molar refractivity (Wildman–Crippen MR) is 87.0 cm³/mol. The van der Waals surface area contributed by atoms with Crippen molar-refractivity contribution >= 4 is 11.9 Å². The molecule has 22 heavy (non-hydrogen) atoms. The molecule has 0 spiro atoms. The number of allylic oxidation sites excluding steroid dienone is 4. The van der Waals surface area contributed by atoms with Crippen LogP contribution in [0.3, 0.4) is 0 Å². The summed E-state index contributed by atoms with van der Waals surface area (Å²) in [6.07, 6.45) is 11.2. The average Bonchev–Trinajstić information content (AvgIpc) is 2.49. The topological polar surface area (TPSA) is 52.6 Å². The summed E-state index contributed by atoms with van der Waals surface area (Å²) in [6.45, 7) is 6.06. The molecule has 4 heteroatoms. The molecule has 0 aliphatic rings. The van der Waals surface area contributed by atoms with Crippen LogP contribution in [0.5, 0.6) is 0 Å². The molecule has 0 heterocycles. The zero-order valence-corrected chi connectivity index (χ0v) is 14.2. The Bertz CT molecular complexity index is 472. The Kier molecular flexibility index (Phi) is 8.93. The normalized spacial score (nSPS) is 11.4. The molecule has 0 saturated carbocycles. The Hall–Kier alpha value is -2.02. The van der Waals surface area contributed by atoms with Crippen molar-refractivity contribution in [3.63, 3.8) is 0 Å². The van der Waals surface area contributed by atoms with E-state index >= 15 is 0 Å². The van der Waals surface area contributed by atoms with Crippen molar-refractivity contribution in [1.29, 1.82) is 0 Å². The van der Waals surface area contributed by atoms with Crippen LogP contribution in [0.25, 0.3) is 0 Å². The van der Waals surface area contributed by atoms with Gasteiger partial charge in [0, 0.05) is 6.42 Å². The number of hydrogen-bond acceptors (Lipinski definition) is 4. The molecule has 0 bridgehead atoms. The summed E-state index contributed by atoms with van der Waals surface area (Å²) >= 11 is 0. The van der Waals surface area contributed by atoms with Crippen LogP contribution < -0.4 is 0 Å². The molecule has 0 aromatic carbocycles. The van der Waals surface area contributed by atoms with Gasteiger partial charge in [-0.05, 0) is 40.0 Å². The van der Waals surface area contributed by atoms with Crippen LogP contribution in [-0.4, -0.2) is 26.2 Å². The lowest BCUT2D eigenvalue weighted by molar-refractivity contribution is -0.168. The minimum Gasteiger partial charge on any atom is -0.468 e. The summed E-state index contributed by atoms with van der Waals surface area (Å²) < 4.78 is 9.52. The summed E-state index contributed by atoms with van der Waals surface area (Å²) in [5, 5.41) is 0. The third-order valence-electron chi connectivity index (χ3n) is 3.45. The number of esters is 2. The first-order valence-corrected chi connectivity index (χ1v) is 7.23. The van der Waals surface area contributed by atoms with Crippen molar-refractivity contribution in [3.8, 4) is 12.3 Å². The van der Waals surface area contributed by atoms with E-state index in [1.807, 2.05) is 26.8 Å². The van der Waals surface area contributed by atoms with E-state index in [1.165, 1.54) is 19.8 Å². The van der Waals surface area contributed by atoms with Gasteiger partial charge in [0.05, 0.1) is 14.2 Å². The number of carbonyl (C=O) groups is 2. The minimum absolute atomic E-state index is 0.0515. The molecule has 0 amide bonds. The van der Waals surface area contributed by atoms with Crippen molar-refractivity contribution in [2.24, 2.45) is 5.41 Å². The van der Waals surface area contributed by atoms with Crippen LogP contribution >= 0.6 is 0 Å². The molecule has 0 unspecified atom stereocenters. The predicted octanol–water partition coefficient (Wildman–Crippen LogP) is 3.42. The molecule has 0 rings (SSSR count). The molecule has 0 radical (unpaired) electrons. The molecule has 0 aromatic rings. The zero-order chi connectivity index (χ0) is 17.2. The molecule has 0 atom stereocenters. The number of hydrogen-bond donors (Lipinski definition) is 0. The summed E-state index contributed by atoms with van der Waals surface area (Å²) in [5.41, 5.74) is 0.890. The Morgan fingerprint density at radius 3 is 2.05 bits per heavy atom. The Labute approximate surface area is 133 Å². The summed E-state index contributed by atoms with van der Waals surface area (Å²) in [4.78, 5) is 24.2. The van der Waals surface area contributed by atoms with E-state index in [0.717, 1.165) is 18.4 Å². The van der Waals surface area contributed by atoms with Gasteiger partial charge in [0.25, 0.3) is 0 Å². The van der Waals surface area contributed by atoms with Crippen molar-refractivity contribution in [1.82, 2.24) is 0 Å². The highest BCUT2D eigenvalue weighted by atomic mass is 16.5. The van der Waals surface area contributed by atoms with Gasteiger partial charge in [-0.25, -0.2) is 0 Å². The van der Waals surface area contributed by atoms with E-state index in [9.17, 15) is 9.59 Å². The van der Waals surface area contributed by atoms with Crippen molar-refractivity contribution in [2.75, 3.05) is 14.2 Å². The maximum atomic E-state index is 12.1. The van der Waals surface area contributed by atoms with Gasteiger partial charge in [-0.15, -0.1) is 12.3 Å². The second-order valence-electron chi connectivity index (χ2n) is 5.52. The van der Waals surface area contributed by atoms with Gasteiger partial charge in [0.1, 0.15) is 0 Å². The lowest BCUT2D eigenvalue weighted by Crippen LogP contribution is -2.40. The maximum Gasteiger partial charge on any atom is 0.324 e. The summed E-state index contributed by atoms with van der Waals surface area (Å²) in [6, 6.07) is 0. The Balaban J connectivity index is 5.21. The van der Waals surface area contributed by atoms with Crippen LogP contribution in [0, 0.1) is 17.8 Å². The number of ether oxygens (including phenoxy) is 2. The molecule has 4 nitrogen and oxygen atoms in total. The van der Waals surface area contributed by atoms with Gasteiger partial charge >= 0.3 is 11.9 Å². The lowest BCUT2D eigenvalue weighted by Gasteiger charge is -2.25. The van der Waals surface area contributed by atoms with Gasteiger partial charge in [0.2, 0.25) is 0 Å². The third-order valence-corrected chi connectivity index (χ3v) is 3.45. The third kappa shape index (κ3) is 5.77. The number of carbonyl (C=O) groups excluding carboxylic acids is 2. The highest BCUT2D eigenvalue weighted by Gasteiger charge is 2.47. The highest BCUT2D eigenvalue weighted by Crippen LogP contribution is 2.31. The summed E-state index contributed by atoms with van der Waals surface area (Å²) in [5.74, 6) is 1.06. The molecule has 0 aliphatic carbocycles. The molecule has 122 valence electrons. The smallest absolute Gasteiger partial charge is 0.324 e. The van der Waals surface area contributed by atoms with Crippen LogP contribution in [-0.2, 0) is 19.1 Å². The first-order valence-electron chi connectivity index (χ1n) is 7.23. The van der Waals surface area contributed by atoms with Crippen LogP contribution in [0.1, 0.15) is 46.5 Å². The standard InChI is InChI=1S/C18H26O4/c1-7-12-18(16(19)21-5,17(20)22-6)13-11-15(4)10-8-9-14(2)3/h1,9,11H,8,10,12-13H2,2-6H3/b15-11-. The fourth-order valence-electron chi connectivity index (χ4n) is 2.07. The van der Waals surface area contributed by atoms with E-state index in [1.54, 1.807) is 0 Å². The number of rotatable bonds is 8. The lowest BCUT2D eigenvalue weighted by atomic mass is 9.80. The van der Waals surface area contributed by atoms with E-state index in [2.05, 4.69) is 12.0 Å². The average molecular weight is 306 g/mol. The first kappa shape index (κ1) is 20.0. The number of terminal acetylenes is 1. The molecule has 0 N–H and O–H groups in total. The Morgan fingerprint density at radius 1 is 1.09 bits per heavy atom. The largest absolute Gasteiger partial charge is 0.468 e. The second kappa shape index (κ2) is 9.83. The van der Waals surface area contributed by atoms with Gasteiger partial charge in [-0.2, -0.15) is 0 Å². The van der Waals surface area contributed by atoms with Crippen LogP contribution in [0.4, 0.5) is 0 Å². The van der Waals surface area contributed by atoms with Crippen LogP contribution in [0.2, 0.25) is 0 Å². The molecule has 0 fully saturated rings. The minimum atomic E-state index is -1.46. The fourth-order valence-corrected chi connectivity index (χ4v) is 2.07.